The van der Waals surface area contributed by atoms with E-state index in [1.807, 2.05) is 0 Å². The van der Waals surface area contributed by atoms with Gasteiger partial charge in [-0.25, -0.2) is 13.5 Å². The van der Waals surface area contributed by atoms with Crippen LogP contribution in [-0.2, 0) is 6.54 Å². The van der Waals surface area contributed by atoms with Crippen LogP contribution in [0.4, 0.5) is 8.78 Å². The van der Waals surface area contributed by atoms with E-state index in [2.05, 4.69) is 17.0 Å². The highest BCUT2D eigenvalue weighted by Crippen LogP contribution is 2.11. The van der Waals surface area contributed by atoms with E-state index < -0.39 is 23.1 Å². The highest BCUT2D eigenvalue weighted by Gasteiger charge is 2.16. The Hall–Kier alpha value is -3.03. The maximum atomic E-state index is 13.3. The van der Waals surface area contributed by atoms with Gasteiger partial charge >= 0.3 is 0 Å². The number of methoxy groups -OCH3 is 1. The minimum atomic E-state index is -1.04. The lowest BCUT2D eigenvalue weighted by Crippen LogP contribution is -2.32. The summed E-state index contributed by atoms with van der Waals surface area (Å²) in [6, 6.07) is 4.39. The van der Waals surface area contributed by atoms with Crippen LogP contribution in [0.15, 0.2) is 41.8 Å². The van der Waals surface area contributed by atoms with Crippen LogP contribution in [0.2, 0.25) is 0 Å². The van der Waals surface area contributed by atoms with Crippen molar-refractivity contribution < 1.29 is 18.3 Å². The molecular weight excluding hydrogens is 308 g/mol. The molecule has 0 aliphatic carbocycles. The topological polar surface area (TPSA) is 73.2 Å². The Labute approximate surface area is 130 Å². The predicted octanol–water partition coefficient (Wildman–Crippen LogP) is 1.45. The molecule has 1 aromatic heterocycles. The number of nitrogens with zero attached hydrogens (tertiary/aromatic N) is 2. The lowest BCUT2D eigenvalue weighted by atomic mass is 10.2. The number of aromatic nitrogens is 2. The molecule has 0 atom stereocenters. The van der Waals surface area contributed by atoms with Gasteiger partial charge in [0.15, 0.2) is 11.6 Å². The first-order valence-electron chi connectivity index (χ1n) is 6.48. The zero-order chi connectivity index (χ0) is 17.0. The maximum Gasteiger partial charge on any atom is 0.280 e. The third kappa shape index (κ3) is 3.60. The average Bonchev–Trinajstić information content (AvgIpc) is 2.53. The van der Waals surface area contributed by atoms with Crippen molar-refractivity contribution in [1.29, 1.82) is 0 Å². The van der Waals surface area contributed by atoms with E-state index in [1.54, 1.807) is 0 Å². The number of rotatable bonds is 5. The average molecular weight is 321 g/mol. The normalized spacial score (nSPS) is 10.2. The number of halogens is 2. The van der Waals surface area contributed by atoms with Gasteiger partial charge in [0.2, 0.25) is 5.88 Å². The molecule has 2 rings (SSSR count). The summed E-state index contributed by atoms with van der Waals surface area (Å²) in [6.45, 7) is 3.19. The van der Waals surface area contributed by atoms with E-state index in [-0.39, 0.29) is 18.0 Å². The second kappa shape index (κ2) is 6.82. The molecule has 0 spiro atoms. The Balaban J connectivity index is 2.46. The van der Waals surface area contributed by atoms with Gasteiger partial charge in [0, 0.05) is 6.07 Å². The van der Waals surface area contributed by atoms with Crippen LogP contribution in [0.3, 0.4) is 0 Å². The Kier molecular flexibility index (Phi) is 4.85. The first kappa shape index (κ1) is 16.3. The molecule has 6 nitrogen and oxygen atoms in total. The summed E-state index contributed by atoms with van der Waals surface area (Å²) >= 11 is 0. The molecule has 0 bridgehead atoms. The molecule has 0 fully saturated rings. The number of nitrogens with one attached hydrogen (secondary N) is 1. The van der Waals surface area contributed by atoms with E-state index in [4.69, 9.17) is 4.74 Å². The minimum absolute atomic E-state index is 0.0291. The van der Waals surface area contributed by atoms with Crippen LogP contribution < -0.4 is 15.6 Å². The number of carbonyl (C=O) groups excluding carboxylic acids is 1. The van der Waals surface area contributed by atoms with Gasteiger partial charge in [0.25, 0.3) is 11.5 Å². The lowest BCUT2D eigenvalue weighted by Gasteiger charge is -2.09. The lowest BCUT2D eigenvalue weighted by molar-refractivity contribution is 0.0967. The molecule has 1 amide bonds. The molecule has 0 radical (unpaired) electrons. The van der Waals surface area contributed by atoms with Crippen molar-refractivity contribution in [3.05, 3.63) is 70.2 Å². The first-order valence-corrected chi connectivity index (χ1v) is 6.48. The summed E-state index contributed by atoms with van der Waals surface area (Å²) in [5.74, 6) is -2.68. The quantitative estimate of drug-likeness (QED) is 0.905. The van der Waals surface area contributed by atoms with Crippen molar-refractivity contribution >= 4 is 5.91 Å². The molecule has 1 heterocycles. The summed E-state index contributed by atoms with van der Waals surface area (Å²) in [7, 11) is 1.32. The fourth-order valence-corrected chi connectivity index (χ4v) is 1.87. The number of benzene rings is 1. The van der Waals surface area contributed by atoms with E-state index >= 15 is 0 Å². The van der Waals surface area contributed by atoms with E-state index in [9.17, 15) is 18.4 Å². The highest BCUT2D eigenvalue weighted by atomic mass is 19.2. The Morgan fingerprint density at radius 2 is 2.13 bits per heavy atom. The minimum Gasteiger partial charge on any atom is -0.480 e. The Bertz CT molecular complexity index is 818. The number of ether oxygens (including phenoxy) is 1. The molecule has 1 aromatic carbocycles. The third-order valence-electron chi connectivity index (χ3n) is 2.96. The number of hydrogen-bond acceptors (Lipinski definition) is 4. The van der Waals surface area contributed by atoms with Gasteiger partial charge in [-0.1, -0.05) is 12.6 Å². The van der Waals surface area contributed by atoms with Gasteiger partial charge in [-0.2, -0.15) is 0 Å². The molecule has 0 unspecified atom stereocenters. The summed E-state index contributed by atoms with van der Waals surface area (Å²) < 4.78 is 32.1. The highest BCUT2D eigenvalue weighted by molar-refractivity contribution is 5.94. The van der Waals surface area contributed by atoms with Gasteiger partial charge in [-0.05, 0) is 23.9 Å². The molecule has 0 aliphatic rings. The molecule has 23 heavy (non-hydrogen) atoms. The van der Waals surface area contributed by atoms with Crippen molar-refractivity contribution in [1.82, 2.24) is 15.1 Å². The smallest absolute Gasteiger partial charge is 0.280 e. The standard InChI is InChI=1S/C15H13F2N3O3/c1-3-18-14(21)10-7-13(23-2)19-20(15(10)22)8-9-4-5-11(16)12(17)6-9/h3-7H,1,8H2,2H3,(H,18,21). The van der Waals surface area contributed by atoms with Gasteiger partial charge in [-0.3, -0.25) is 9.59 Å². The molecule has 8 heteroatoms. The Morgan fingerprint density at radius 3 is 2.74 bits per heavy atom. The number of carbonyl (C=O) groups is 1. The summed E-state index contributed by atoms with van der Waals surface area (Å²) in [5, 5.41) is 6.18. The molecule has 2 aromatic rings. The SMILES string of the molecule is C=CNC(=O)c1cc(OC)nn(Cc2ccc(F)c(F)c2)c1=O. The zero-order valence-corrected chi connectivity index (χ0v) is 12.2. The molecule has 1 N–H and O–H groups in total. The fourth-order valence-electron chi connectivity index (χ4n) is 1.87. The molecule has 0 saturated heterocycles. The van der Waals surface area contributed by atoms with Crippen LogP contribution in [-0.4, -0.2) is 22.8 Å². The second-order valence-corrected chi connectivity index (χ2v) is 4.49. The number of hydrogen-bond donors (Lipinski definition) is 1. The van der Waals surface area contributed by atoms with Crippen LogP contribution in [0.25, 0.3) is 0 Å². The monoisotopic (exact) mass is 321 g/mol. The fraction of sp³-hybridized carbons (Fsp3) is 0.133. The van der Waals surface area contributed by atoms with Crippen molar-refractivity contribution in [3.63, 3.8) is 0 Å². The van der Waals surface area contributed by atoms with Crippen molar-refractivity contribution in [2.45, 2.75) is 6.54 Å². The first-order chi connectivity index (χ1) is 11.0. The Morgan fingerprint density at radius 1 is 1.39 bits per heavy atom. The third-order valence-corrected chi connectivity index (χ3v) is 2.96. The summed E-state index contributed by atoms with van der Waals surface area (Å²) in [6.07, 6.45) is 1.13. The number of amides is 1. The summed E-state index contributed by atoms with van der Waals surface area (Å²) in [5.41, 5.74) is -0.601. The van der Waals surface area contributed by atoms with Crippen LogP contribution >= 0.6 is 0 Å². The van der Waals surface area contributed by atoms with Gasteiger partial charge < -0.3 is 10.1 Å². The maximum absolute atomic E-state index is 13.3. The predicted molar refractivity (Wildman–Crippen MR) is 78.2 cm³/mol. The van der Waals surface area contributed by atoms with Crippen LogP contribution in [0, 0.1) is 11.6 Å². The van der Waals surface area contributed by atoms with Crippen molar-refractivity contribution in [2.75, 3.05) is 7.11 Å². The summed E-state index contributed by atoms with van der Waals surface area (Å²) in [4.78, 5) is 24.1. The van der Waals surface area contributed by atoms with Crippen LogP contribution in [0.1, 0.15) is 15.9 Å². The molecule has 0 saturated carbocycles. The van der Waals surface area contributed by atoms with Gasteiger partial charge in [0.05, 0.1) is 13.7 Å². The largest absolute Gasteiger partial charge is 0.480 e. The molecule has 120 valence electrons. The zero-order valence-electron chi connectivity index (χ0n) is 12.2. The van der Waals surface area contributed by atoms with Gasteiger partial charge in [0.1, 0.15) is 5.56 Å². The van der Waals surface area contributed by atoms with Crippen LogP contribution in [0.5, 0.6) is 5.88 Å². The van der Waals surface area contributed by atoms with Gasteiger partial charge in [-0.15, -0.1) is 5.10 Å². The molecule has 0 aliphatic heterocycles. The van der Waals surface area contributed by atoms with Crippen molar-refractivity contribution in [2.24, 2.45) is 0 Å². The van der Waals surface area contributed by atoms with E-state index in [0.717, 1.165) is 23.0 Å². The molecular formula is C15H13F2N3O3. The van der Waals surface area contributed by atoms with Crippen molar-refractivity contribution in [3.8, 4) is 5.88 Å². The van der Waals surface area contributed by atoms with E-state index in [1.165, 1.54) is 19.2 Å². The second-order valence-electron chi connectivity index (χ2n) is 4.49. The van der Waals surface area contributed by atoms with E-state index in [0.29, 0.717) is 5.56 Å².